The van der Waals surface area contributed by atoms with Gasteiger partial charge in [0.2, 0.25) is 0 Å². The molecule has 5 rings (SSSR count). The number of piperazine rings is 1. The molecule has 4 aliphatic heterocycles. The summed E-state index contributed by atoms with van der Waals surface area (Å²) in [5.41, 5.74) is 2.89. The number of nitrogens with zero attached hydrogens (tertiary/aromatic N) is 4. The minimum atomic E-state index is 1.05. The van der Waals surface area contributed by atoms with Crippen LogP contribution in [-0.2, 0) is 13.1 Å². The van der Waals surface area contributed by atoms with Crippen LogP contribution in [0.15, 0.2) is 24.3 Å². The number of rotatable bonds is 4. The van der Waals surface area contributed by atoms with Crippen molar-refractivity contribution in [3.05, 3.63) is 35.4 Å². The lowest BCUT2D eigenvalue weighted by Gasteiger charge is -2.35. The van der Waals surface area contributed by atoms with E-state index in [1.165, 1.54) is 82.6 Å². The Morgan fingerprint density at radius 1 is 0.395 bits per heavy atom. The van der Waals surface area contributed by atoms with Crippen LogP contribution >= 0.6 is 0 Å². The van der Waals surface area contributed by atoms with Gasteiger partial charge >= 0.3 is 0 Å². The first-order chi connectivity index (χ1) is 18.8. The fourth-order valence-electron chi connectivity index (χ4n) is 5.91. The van der Waals surface area contributed by atoms with Crippen molar-refractivity contribution in [1.29, 1.82) is 0 Å². The number of nitrogens with one attached hydrogen (secondary N) is 4. The Balaban J connectivity index is 1.24. The molecule has 0 spiro atoms. The van der Waals surface area contributed by atoms with Gasteiger partial charge in [-0.1, -0.05) is 24.3 Å². The first kappa shape index (κ1) is 29.9. The molecule has 4 fully saturated rings. The maximum atomic E-state index is 3.70. The van der Waals surface area contributed by atoms with E-state index in [0.29, 0.717) is 0 Å². The Labute approximate surface area is 232 Å². The zero-order valence-corrected chi connectivity index (χ0v) is 24.1. The molecule has 0 aliphatic carbocycles. The van der Waals surface area contributed by atoms with Crippen molar-refractivity contribution in [1.82, 2.24) is 40.9 Å². The second kappa shape index (κ2) is 18.3. The first-order valence-electron chi connectivity index (χ1n) is 15.7. The molecule has 0 aromatic heterocycles. The van der Waals surface area contributed by atoms with Crippen molar-refractivity contribution >= 4 is 0 Å². The van der Waals surface area contributed by atoms with Gasteiger partial charge in [0.25, 0.3) is 0 Å². The van der Waals surface area contributed by atoms with E-state index in [9.17, 15) is 0 Å². The summed E-state index contributed by atoms with van der Waals surface area (Å²) in [5.74, 6) is 0. The normalized spacial score (nSPS) is 27.4. The SMILES string of the molecule is c1cc(CN2CCCN3CCN(CCCNCC2)CC3)ccc1CN1CCCNCCNCCCNCC1. The lowest BCUT2D eigenvalue weighted by atomic mass is 10.1. The van der Waals surface area contributed by atoms with E-state index in [1.54, 1.807) is 0 Å². The Morgan fingerprint density at radius 2 is 0.816 bits per heavy atom. The standard InChI is InChI=1S/C30H56N8/c1-9-31-13-14-32-11-3-18-37(21-15-33-10-1)27-29-5-7-30(8-6-29)28-38-20-4-19-36-25-23-35(24-26-36)17-2-12-34-16-22-38/h5-8,31-34H,1-4,9-28H2. The molecular formula is C30H56N8. The highest BCUT2D eigenvalue weighted by Gasteiger charge is 2.17. The van der Waals surface area contributed by atoms with Gasteiger partial charge in [0, 0.05) is 78.5 Å². The van der Waals surface area contributed by atoms with Crippen molar-refractivity contribution in [2.45, 2.75) is 38.8 Å². The van der Waals surface area contributed by atoms with Crippen molar-refractivity contribution in [3.8, 4) is 0 Å². The smallest absolute Gasteiger partial charge is 0.0234 e. The van der Waals surface area contributed by atoms with E-state index in [4.69, 9.17) is 0 Å². The molecule has 1 aromatic rings. The van der Waals surface area contributed by atoms with E-state index in [0.717, 1.165) is 85.1 Å². The van der Waals surface area contributed by atoms with E-state index < -0.39 is 0 Å². The van der Waals surface area contributed by atoms with Crippen molar-refractivity contribution in [2.24, 2.45) is 0 Å². The molecular weight excluding hydrogens is 472 g/mol. The van der Waals surface area contributed by atoms with Gasteiger partial charge in [-0.15, -0.1) is 0 Å². The van der Waals surface area contributed by atoms with Gasteiger partial charge in [-0.05, 0) is 89.2 Å². The third-order valence-corrected chi connectivity index (χ3v) is 8.30. The number of hydrogen-bond donors (Lipinski definition) is 4. The van der Waals surface area contributed by atoms with Crippen LogP contribution in [-0.4, -0.2) is 137 Å². The van der Waals surface area contributed by atoms with Gasteiger partial charge in [0.05, 0.1) is 0 Å². The van der Waals surface area contributed by atoms with Crippen molar-refractivity contribution in [3.63, 3.8) is 0 Å². The highest BCUT2D eigenvalue weighted by atomic mass is 15.3. The van der Waals surface area contributed by atoms with Gasteiger partial charge in [0.1, 0.15) is 0 Å². The van der Waals surface area contributed by atoms with Crippen LogP contribution in [0.3, 0.4) is 0 Å². The van der Waals surface area contributed by atoms with Gasteiger partial charge < -0.3 is 31.1 Å². The zero-order chi connectivity index (χ0) is 26.1. The second-order valence-electron chi connectivity index (χ2n) is 11.5. The molecule has 0 amide bonds. The predicted molar refractivity (Wildman–Crippen MR) is 160 cm³/mol. The van der Waals surface area contributed by atoms with Gasteiger partial charge in [0.15, 0.2) is 0 Å². The summed E-state index contributed by atoms with van der Waals surface area (Å²) in [6, 6.07) is 9.51. The molecule has 0 atom stereocenters. The quantitative estimate of drug-likeness (QED) is 0.459. The van der Waals surface area contributed by atoms with Crippen LogP contribution in [0, 0.1) is 0 Å². The highest BCUT2D eigenvalue weighted by molar-refractivity contribution is 5.22. The van der Waals surface area contributed by atoms with Gasteiger partial charge in [-0.3, -0.25) is 9.80 Å². The molecule has 0 radical (unpaired) electrons. The predicted octanol–water partition coefficient (Wildman–Crippen LogP) is 0.854. The first-order valence-corrected chi connectivity index (χ1v) is 15.7. The molecule has 38 heavy (non-hydrogen) atoms. The Hall–Kier alpha value is -1.10. The van der Waals surface area contributed by atoms with E-state index in [1.807, 2.05) is 0 Å². The van der Waals surface area contributed by atoms with Crippen LogP contribution in [0.4, 0.5) is 0 Å². The summed E-state index contributed by atoms with van der Waals surface area (Å²) in [6.45, 7) is 22.9. The summed E-state index contributed by atoms with van der Waals surface area (Å²) in [6.07, 6.45) is 4.94. The van der Waals surface area contributed by atoms with Crippen LogP contribution in [0.25, 0.3) is 0 Å². The molecule has 8 heteroatoms. The van der Waals surface area contributed by atoms with Crippen molar-refractivity contribution in [2.75, 3.05) is 118 Å². The Morgan fingerprint density at radius 3 is 1.37 bits per heavy atom. The molecule has 8 nitrogen and oxygen atoms in total. The van der Waals surface area contributed by atoms with Crippen LogP contribution in [0.5, 0.6) is 0 Å². The molecule has 216 valence electrons. The van der Waals surface area contributed by atoms with Crippen LogP contribution in [0.1, 0.15) is 36.8 Å². The van der Waals surface area contributed by atoms with Gasteiger partial charge in [-0.25, -0.2) is 0 Å². The summed E-state index contributed by atoms with van der Waals surface area (Å²) < 4.78 is 0. The minimum absolute atomic E-state index is 1.05. The minimum Gasteiger partial charge on any atom is -0.315 e. The molecule has 4 saturated heterocycles. The van der Waals surface area contributed by atoms with E-state index in [2.05, 4.69) is 65.1 Å². The molecule has 4 aliphatic rings. The van der Waals surface area contributed by atoms with Crippen molar-refractivity contribution < 1.29 is 0 Å². The Bertz CT molecular complexity index is 705. The molecule has 1 aromatic carbocycles. The summed E-state index contributed by atoms with van der Waals surface area (Å²) in [4.78, 5) is 10.6. The number of benzene rings is 1. The van der Waals surface area contributed by atoms with E-state index >= 15 is 0 Å². The van der Waals surface area contributed by atoms with E-state index in [-0.39, 0.29) is 0 Å². The molecule has 4 heterocycles. The van der Waals surface area contributed by atoms with Crippen LogP contribution < -0.4 is 21.3 Å². The third kappa shape index (κ3) is 12.0. The topological polar surface area (TPSA) is 61.1 Å². The molecule has 0 saturated carbocycles. The lowest BCUT2D eigenvalue weighted by molar-refractivity contribution is 0.123. The average molecular weight is 529 g/mol. The fraction of sp³-hybridized carbons (Fsp3) is 0.800. The summed E-state index contributed by atoms with van der Waals surface area (Å²) in [7, 11) is 0. The maximum Gasteiger partial charge on any atom is 0.0234 e. The lowest BCUT2D eigenvalue weighted by Crippen LogP contribution is -2.47. The average Bonchev–Trinajstić information content (AvgIpc) is 2.94. The third-order valence-electron chi connectivity index (χ3n) is 8.30. The largest absolute Gasteiger partial charge is 0.315 e. The summed E-state index contributed by atoms with van der Waals surface area (Å²) >= 11 is 0. The zero-order valence-electron chi connectivity index (χ0n) is 24.1. The molecule has 0 unspecified atom stereocenters. The fourth-order valence-corrected chi connectivity index (χ4v) is 5.91. The Kier molecular flexibility index (Phi) is 14.4. The monoisotopic (exact) mass is 528 g/mol. The second-order valence-corrected chi connectivity index (χ2v) is 11.5. The maximum absolute atomic E-state index is 3.70. The number of fused-ring (bicyclic) bond motifs is 11. The van der Waals surface area contributed by atoms with Gasteiger partial charge in [-0.2, -0.15) is 0 Å². The number of hydrogen-bond acceptors (Lipinski definition) is 8. The summed E-state index contributed by atoms with van der Waals surface area (Å²) in [5, 5.41) is 14.4. The molecule has 2 bridgehead atoms. The highest BCUT2D eigenvalue weighted by Crippen LogP contribution is 2.12. The van der Waals surface area contributed by atoms with Crippen LogP contribution in [0.2, 0.25) is 0 Å². The molecule has 4 N–H and O–H groups in total.